The third-order valence-electron chi connectivity index (χ3n) is 4.14. The summed E-state index contributed by atoms with van der Waals surface area (Å²) in [7, 11) is -3.81. The maximum absolute atomic E-state index is 12.3. The van der Waals surface area contributed by atoms with Crippen LogP contribution in [0.15, 0.2) is 53.6 Å². The molecule has 0 aliphatic rings. The van der Waals surface area contributed by atoms with Gasteiger partial charge in [-0.1, -0.05) is 24.3 Å². The Bertz CT molecular complexity index is 1040. The van der Waals surface area contributed by atoms with Gasteiger partial charge in [-0.15, -0.1) is 4.83 Å². The van der Waals surface area contributed by atoms with Crippen molar-refractivity contribution in [3.63, 3.8) is 0 Å². The number of sulfonamides is 1. The van der Waals surface area contributed by atoms with Gasteiger partial charge in [-0.25, -0.2) is 8.42 Å². The highest BCUT2D eigenvalue weighted by molar-refractivity contribution is 7.89. The molecule has 0 unspecified atom stereocenters. The summed E-state index contributed by atoms with van der Waals surface area (Å²) in [5.74, 6) is -0.433. The number of aromatic nitrogens is 1. The van der Waals surface area contributed by atoms with Crippen molar-refractivity contribution in [1.29, 1.82) is 0 Å². The summed E-state index contributed by atoms with van der Waals surface area (Å²) < 4.78 is 24.6. The number of fused-ring (bicyclic) bond motifs is 1. The van der Waals surface area contributed by atoms with Gasteiger partial charge in [0.2, 0.25) is 5.91 Å². The van der Waals surface area contributed by atoms with Crippen LogP contribution in [0.4, 0.5) is 0 Å². The number of carbonyl (C=O) groups excluding carboxylic acids is 1. The van der Waals surface area contributed by atoms with Crippen LogP contribution in [0.1, 0.15) is 16.7 Å². The molecule has 0 aliphatic heterocycles. The Morgan fingerprint density at radius 2 is 1.84 bits per heavy atom. The van der Waals surface area contributed by atoms with Crippen LogP contribution in [0.25, 0.3) is 10.9 Å². The number of hydrazine groups is 1. The number of hydrogen-bond donors (Lipinski definition) is 3. The second-order valence-electron chi connectivity index (χ2n) is 5.94. The minimum Gasteiger partial charge on any atom is -0.361 e. The predicted molar refractivity (Wildman–Crippen MR) is 96.4 cm³/mol. The van der Waals surface area contributed by atoms with Gasteiger partial charge in [0, 0.05) is 17.1 Å². The van der Waals surface area contributed by atoms with E-state index in [1.807, 2.05) is 38.1 Å². The summed E-state index contributed by atoms with van der Waals surface area (Å²) >= 11 is 0. The summed E-state index contributed by atoms with van der Waals surface area (Å²) in [6, 6.07) is 12.4. The normalized spacial score (nSPS) is 11.6. The molecule has 130 valence electrons. The summed E-state index contributed by atoms with van der Waals surface area (Å²) in [4.78, 5) is 17.4. The molecule has 25 heavy (non-hydrogen) atoms. The largest absolute Gasteiger partial charge is 0.361 e. The number of rotatable bonds is 5. The van der Waals surface area contributed by atoms with E-state index in [2.05, 4.69) is 15.2 Å². The molecular formula is C18H19N3O3S. The first kappa shape index (κ1) is 17.2. The maximum Gasteiger partial charge on any atom is 0.257 e. The molecule has 3 N–H and O–H groups in total. The fourth-order valence-electron chi connectivity index (χ4n) is 2.56. The second-order valence-corrected chi connectivity index (χ2v) is 7.62. The Morgan fingerprint density at radius 3 is 2.60 bits per heavy atom. The number of aryl methyl sites for hydroxylation is 2. The van der Waals surface area contributed by atoms with Crippen LogP contribution in [0.5, 0.6) is 0 Å². The van der Waals surface area contributed by atoms with Gasteiger partial charge >= 0.3 is 0 Å². The molecule has 0 bridgehead atoms. The molecule has 3 aromatic rings. The lowest BCUT2D eigenvalue weighted by Crippen LogP contribution is -2.42. The number of carbonyl (C=O) groups is 1. The number of hydrogen-bond acceptors (Lipinski definition) is 3. The van der Waals surface area contributed by atoms with E-state index in [0.717, 1.165) is 27.6 Å². The van der Waals surface area contributed by atoms with E-state index < -0.39 is 15.9 Å². The third kappa shape index (κ3) is 3.72. The fourth-order valence-corrected chi connectivity index (χ4v) is 3.50. The lowest BCUT2D eigenvalue weighted by Gasteiger charge is -2.10. The standard InChI is InChI=1S/C18H19N3O3S/c1-12-7-8-15(9-13(12)2)25(23,24)21-20-18(22)10-14-11-19-17-6-4-3-5-16(14)17/h3-9,11,19,21H,10H2,1-2H3,(H,20,22). The molecule has 2 aromatic carbocycles. The number of amides is 1. The molecule has 0 atom stereocenters. The average Bonchev–Trinajstić information content (AvgIpc) is 2.99. The van der Waals surface area contributed by atoms with Crippen molar-refractivity contribution in [1.82, 2.24) is 15.2 Å². The van der Waals surface area contributed by atoms with Crippen LogP contribution in [-0.4, -0.2) is 19.3 Å². The van der Waals surface area contributed by atoms with Gasteiger partial charge in [0.1, 0.15) is 0 Å². The summed E-state index contributed by atoms with van der Waals surface area (Å²) in [5, 5.41) is 0.940. The van der Waals surface area contributed by atoms with Crippen LogP contribution < -0.4 is 10.3 Å². The lowest BCUT2D eigenvalue weighted by molar-refractivity contribution is -0.120. The highest BCUT2D eigenvalue weighted by Crippen LogP contribution is 2.18. The molecule has 1 aromatic heterocycles. The predicted octanol–water partition coefficient (Wildman–Crippen LogP) is 2.34. The molecule has 0 fully saturated rings. The van der Waals surface area contributed by atoms with Crippen LogP contribution in [0.2, 0.25) is 0 Å². The molecule has 3 rings (SSSR count). The fraction of sp³-hybridized carbons (Fsp3) is 0.167. The van der Waals surface area contributed by atoms with E-state index in [1.165, 1.54) is 6.07 Å². The van der Waals surface area contributed by atoms with Crippen molar-refractivity contribution in [2.24, 2.45) is 0 Å². The van der Waals surface area contributed by atoms with Crippen LogP contribution in [-0.2, 0) is 21.2 Å². The molecule has 7 heteroatoms. The summed E-state index contributed by atoms with van der Waals surface area (Å²) in [5.41, 5.74) is 5.87. The topological polar surface area (TPSA) is 91.1 Å². The Morgan fingerprint density at radius 1 is 1.08 bits per heavy atom. The van der Waals surface area contributed by atoms with E-state index in [1.54, 1.807) is 18.3 Å². The Labute approximate surface area is 146 Å². The molecule has 0 spiro atoms. The molecule has 0 aliphatic carbocycles. The van der Waals surface area contributed by atoms with Crippen molar-refractivity contribution >= 4 is 26.8 Å². The average molecular weight is 357 g/mol. The number of H-pyrrole nitrogens is 1. The highest BCUT2D eigenvalue weighted by Gasteiger charge is 2.16. The van der Waals surface area contributed by atoms with Crippen molar-refractivity contribution in [2.75, 3.05) is 0 Å². The van der Waals surface area contributed by atoms with Crippen molar-refractivity contribution < 1.29 is 13.2 Å². The minimum absolute atomic E-state index is 0.0689. The first-order valence-corrected chi connectivity index (χ1v) is 9.28. The van der Waals surface area contributed by atoms with E-state index in [9.17, 15) is 13.2 Å². The van der Waals surface area contributed by atoms with Crippen molar-refractivity contribution in [2.45, 2.75) is 25.2 Å². The zero-order valence-electron chi connectivity index (χ0n) is 14.0. The number of benzene rings is 2. The molecule has 6 nitrogen and oxygen atoms in total. The molecule has 1 amide bonds. The summed E-state index contributed by atoms with van der Waals surface area (Å²) in [6.07, 6.45) is 1.82. The van der Waals surface area contributed by atoms with E-state index >= 15 is 0 Å². The molecular weight excluding hydrogens is 338 g/mol. The van der Waals surface area contributed by atoms with Gasteiger partial charge in [-0.2, -0.15) is 0 Å². The smallest absolute Gasteiger partial charge is 0.257 e. The molecule has 1 heterocycles. The van der Waals surface area contributed by atoms with Crippen molar-refractivity contribution in [3.8, 4) is 0 Å². The Kier molecular flexibility index (Phi) is 4.61. The SMILES string of the molecule is Cc1ccc(S(=O)(=O)NNC(=O)Cc2c[nH]c3ccccc23)cc1C. The van der Waals surface area contributed by atoms with Gasteiger partial charge in [-0.05, 0) is 48.7 Å². The molecule has 0 saturated heterocycles. The van der Waals surface area contributed by atoms with Crippen LogP contribution >= 0.6 is 0 Å². The van der Waals surface area contributed by atoms with Crippen LogP contribution in [0.3, 0.4) is 0 Å². The van der Waals surface area contributed by atoms with Gasteiger partial charge < -0.3 is 4.98 Å². The second kappa shape index (κ2) is 6.70. The zero-order valence-corrected chi connectivity index (χ0v) is 14.8. The van der Waals surface area contributed by atoms with Crippen molar-refractivity contribution in [3.05, 3.63) is 65.4 Å². The van der Waals surface area contributed by atoms with Gasteiger partial charge in [0.15, 0.2) is 0 Å². The quantitative estimate of drug-likeness (QED) is 0.612. The van der Waals surface area contributed by atoms with E-state index in [-0.39, 0.29) is 11.3 Å². The zero-order chi connectivity index (χ0) is 18.0. The number of aromatic amines is 1. The summed E-state index contributed by atoms with van der Waals surface area (Å²) in [6.45, 7) is 3.74. The molecule has 0 saturated carbocycles. The number of para-hydroxylation sites is 1. The van der Waals surface area contributed by atoms with Crippen LogP contribution in [0, 0.1) is 13.8 Å². The van der Waals surface area contributed by atoms with Gasteiger partial charge in [-0.3, -0.25) is 10.2 Å². The van der Waals surface area contributed by atoms with Gasteiger partial charge in [0.25, 0.3) is 10.0 Å². The minimum atomic E-state index is -3.81. The third-order valence-corrected chi connectivity index (χ3v) is 5.38. The Hall–Kier alpha value is -2.64. The molecule has 0 radical (unpaired) electrons. The first-order chi connectivity index (χ1) is 11.9. The monoisotopic (exact) mass is 357 g/mol. The van der Waals surface area contributed by atoms with E-state index in [0.29, 0.717) is 0 Å². The Balaban J connectivity index is 1.68. The maximum atomic E-state index is 12.3. The van der Waals surface area contributed by atoms with E-state index in [4.69, 9.17) is 0 Å². The first-order valence-electron chi connectivity index (χ1n) is 7.80. The van der Waals surface area contributed by atoms with Gasteiger partial charge in [0.05, 0.1) is 11.3 Å². The highest BCUT2D eigenvalue weighted by atomic mass is 32.2. The lowest BCUT2D eigenvalue weighted by atomic mass is 10.1. The number of nitrogens with one attached hydrogen (secondary N) is 3.